The Bertz CT molecular complexity index is 442. The lowest BCUT2D eigenvalue weighted by Crippen LogP contribution is -1.90. The van der Waals surface area contributed by atoms with E-state index >= 15 is 0 Å². The predicted octanol–water partition coefficient (Wildman–Crippen LogP) is 3.66. The Balaban J connectivity index is 2.22. The SMILES string of the molecule is C=C(C)c1ccncc1C#CC1CCCC1. The van der Waals surface area contributed by atoms with E-state index in [9.17, 15) is 0 Å². The van der Waals surface area contributed by atoms with Gasteiger partial charge in [-0.05, 0) is 37.0 Å². The second kappa shape index (κ2) is 4.99. The number of pyridine rings is 1. The van der Waals surface area contributed by atoms with Gasteiger partial charge in [-0.25, -0.2) is 0 Å². The molecule has 0 aromatic carbocycles. The van der Waals surface area contributed by atoms with Gasteiger partial charge in [0.25, 0.3) is 0 Å². The van der Waals surface area contributed by atoms with Gasteiger partial charge in [0, 0.05) is 18.3 Å². The highest BCUT2D eigenvalue weighted by atomic mass is 14.6. The van der Waals surface area contributed by atoms with Gasteiger partial charge in [-0.2, -0.15) is 0 Å². The van der Waals surface area contributed by atoms with E-state index in [1.807, 2.05) is 19.2 Å². The molecule has 0 spiro atoms. The smallest absolute Gasteiger partial charge is 0.0503 e. The van der Waals surface area contributed by atoms with Crippen LogP contribution in [0.3, 0.4) is 0 Å². The summed E-state index contributed by atoms with van der Waals surface area (Å²) in [6.07, 6.45) is 8.82. The summed E-state index contributed by atoms with van der Waals surface area (Å²) in [6.45, 7) is 5.98. The second-order valence-corrected chi connectivity index (χ2v) is 4.45. The summed E-state index contributed by atoms with van der Waals surface area (Å²) in [5.41, 5.74) is 3.19. The van der Waals surface area contributed by atoms with Crippen LogP contribution in [0.15, 0.2) is 25.0 Å². The Labute approximate surface area is 97.6 Å². The summed E-state index contributed by atoms with van der Waals surface area (Å²) in [5.74, 6) is 7.22. The number of allylic oxidation sites excluding steroid dienone is 1. The Morgan fingerprint density at radius 1 is 1.44 bits per heavy atom. The molecule has 0 radical (unpaired) electrons. The Kier molecular flexibility index (Phi) is 3.41. The van der Waals surface area contributed by atoms with Crippen LogP contribution in [-0.2, 0) is 0 Å². The molecule has 0 atom stereocenters. The molecule has 1 aliphatic carbocycles. The van der Waals surface area contributed by atoms with E-state index in [1.165, 1.54) is 25.7 Å². The standard InChI is InChI=1S/C15H17N/c1-12(2)15-9-10-16-11-14(15)8-7-13-5-3-4-6-13/h9-11,13H,1,3-6H2,2H3. The first-order valence-electron chi connectivity index (χ1n) is 5.89. The minimum Gasteiger partial charge on any atom is -0.263 e. The topological polar surface area (TPSA) is 12.9 Å². The molecule has 0 aliphatic heterocycles. The third kappa shape index (κ3) is 2.52. The molecule has 2 rings (SSSR count). The van der Waals surface area contributed by atoms with Crippen LogP contribution < -0.4 is 0 Å². The van der Waals surface area contributed by atoms with Crippen molar-refractivity contribution in [2.75, 3.05) is 0 Å². The molecule has 1 aromatic heterocycles. The maximum atomic E-state index is 4.13. The molecule has 16 heavy (non-hydrogen) atoms. The number of hydrogen-bond donors (Lipinski definition) is 0. The highest BCUT2D eigenvalue weighted by molar-refractivity contribution is 5.67. The van der Waals surface area contributed by atoms with Crippen LogP contribution in [0.5, 0.6) is 0 Å². The minimum absolute atomic E-state index is 0.596. The van der Waals surface area contributed by atoms with Crippen molar-refractivity contribution in [1.29, 1.82) is 0 Å². The van der Waals surface area contributed by atoms with Gasteiger partial charge in [0.2, 0.25) is 0 Å². The fourth-order valence-electron chi connectivity index (χ4n) is 2.12. The zero-order valence-corrected chi connectivity index (χ0v) is 9.79. The molecule has 1 saturated carbocycles. The highest BCUT2D eigenvalue weighted by Gasteiger charge is 2.11. The van der Waals surface area contributed by atoms with Crippen LogP contribution in [0.4, 0.5) is 0 Å². The first-order chi connectivity index (χ1) is 7.77. The predicted molar refractivity (Wildman–Crippen MR) is 67.8 cm³/mol. The van der Waals surface area contributed by atoms with E-state index in [2.05, 4.69) is 23.4 Å². The molecule has 1 aliphatic rings. The molecule has 1 heteroatoms. The van der Waals surface area contributed by atoms with Crippen molar-refractivity contribution >= 4 is 5.57 Å². The van der Waals surface area contributed by atoms with Crippen molar-refractivity contribution in [1.82, 2.24) is 4.98 Å². The maximum Gasteiger partial charge on any atom is 0.0503 e. The minimum atomic E-state index is 0.596. The van der Waals surface area contributed by atoms with Crippen molar-refractivity contribution in [3.8, 4) is 11.8 Å². The molecule has 0 amide bonds. The maximum absolute atomic E-state index is 4.13. The Morgan fingerprint density at radius 3 is 2.88 bits per heavy atom. The zero-order chi connectivity index (χ0) is 11.4. The first-order valence-corrected chi connectivity index (χ1v) is 5.89. The monoisotopic (exact) mass is 211 g/mol. The van der Waals surface area contributed by atoms with Gasteiger partial charge in [0.05, 0.1) is 5.56 Å². The number of hydrogen-bond acceptors (Lipinski definition) is 1. The fourth-order valence-corrected chi connectivity index (χ4v) is 2.12. The summed E-state index contributed by atoms with van der Waals surface area (Å²) in [5, 5.41) is 0. The summed E-state index contributed by atoms with van der Waals surface area (Å²) < 4.78 is 0. The average Bonchev–Trinajstić information content (AvgIpc) is 2.79. The largest absolute Gasteiger partial charge is 0.263 e. The normalized spacial score (nSPS) is 15.6. The molecule has 1 nitrogen and oxygen atoms in total. The van der Waals surface area contributed by atoms with Crippen molar-refractivity contribution < 1.29 is 0 Å². The molecule has 1 aromatic rings. The van der Waals surface area contributed by atoms with Crippen LogP contribution in [0.1, 0.15) is 43.7 Å². The third-order valence-electron chi connectivity index (χ3n) is 3.05. The van der Waals surface area contributed by atoms with Crippen LogP contribution in [0, 0.1) is 17.8 Å². The average molecular weight is 211 g/mol. The van der Waals surface area contributed by atoms with Crippen LogP contribution in [0.2, 0.25) is 0 Å². The molecule has 82 valence electrons. The van der Waals surface area contributed by atoms with Gasteiger partial charge >= 0.3 is 0 Å². The Hall–Kier alpha value is -1.55. The quantitative estimate of drug-likeness (QED) is 0.646. The van der Waals surface area contributed by atoms with E-state index in [0.717, 1.165) is 16.7 Å². The summed E-state index contributed by atoms with van der Waals surface area (Å²) in [6, 6.07) is 1.99. The molecular formula is C15H17N. The van der Waals surface area contributed by atoms with Crippen LogP contribution in [0.25, 0.3) is 5.57 Å². The van der Waals surface area contributed by atoms with Gasteiger partial charge in [0.15, 0.2) is 0 Å². The lowest BCUT2D eigenvalue weighted by atomic mass is 10.0. The van der Waals surface area contributed by atoms with E-state index < -0.39 is 0 Å². The van der Waals surface area contributed by atoms with Crippen molar-refractivity contribution in [3.63, 3.8) is 0 Å². The van der Waals surface area contributed by atoms with Crippen molar-refractivity contribution in [2.24, 2.45) is 5.92 Å². The summed E-state index contributed by atoms with van der Waals surface area (Å²) >= 11 is 0. The lowest BCUT2D eigenvalue weighted by Gasteiger charge is -2.02. The van der Waals surface area contributed by atoms with E-state index in [1.54, 1.807) is 6.20 Å². The van der Waals surface area contributed by atoms with E-state index in [4.69, 9.17) is 0 Å². The molecule has 0 bridgehead atoms. The van der Waals surface area contributed by atoms with E-state index in [-0.39, 0.29) is 0 Å². The number of nitrogens with zero attached hydrogens (tertiary/aromatic N) is 1. The molecule has 0 unspecified atom stereocenters. The molecule has 0 saturated heterocycles. The lowest BCUT2D eigenvalue weighted by molar-refractivity contribution is 0.712. The summed E-state index contributed by atoms with van der Waals surface area (Å²) in [7, 11) is 0. The number of aromatic nitrogens is 1. The molecule has 1 heterocycles. The van der Waals surface area contributed by atoms with Gasteiger partial charge in [-0.1, -0.05) is 31.3 Å². The summed E-state index contributed by atoms with van der Waals surface area (Å²) in [4.78, 5) is 4.13. The molecular weight excluding hydrogens is 194 g/mol. The van der Waals surface area contributed by atoms with E-state index in [0.29, 0.717) is 5.92 Å². The number of rotatable bonds is 1. The van der Waals surface area contributed by atoms with Crippen molar-refractivity contribution in [2.45, 2.75) is 32.6 Å². The van der Waals surface area contributed by atoms with Crippen LogP contribution >= 0.6 is 0 Å². The second-order valence-electron chi connectivity index (χ2n) is 4.45. The van der Waals surface area contributed by atoms with Gasteiger partial charge < -0.3 is 0 Å². The third-order valence-corrected chi connectivity index (χ3v) is 3.05. The molecule has 0 N–H and O–H groups in total. The van der Waals surface area contributed by atoms with Crippen LogP contribution in [-0.4, -0.2) is 4.98 Å². The van der Waals surface area contributed by atoms with Crippen molar-refractivity contribution in [3.05, 3.63) is 36.2 Å². The Morgan fingerprint density at radius 2 is 2.19 bits per heavy atom. The zero-order valence-electron chi connectivity index (χ0n) is 9.79. The van der Waals surface area contributed by atoms with Gasteiger partial charge in [0.1, 0.15) is 0 Å². The highest BCUT2D eigenvalue weighted by Crippen LogP contribution is 2.24. The van der Waals surface area contributed by atoms with Gasteiger partial charge in [-0.3, -0.25) is 4.98 Å². The fraction of sp³-hybridized carbons (Fsp3) is 0.400. The molecule has 1 fully saturated rings. The first kappa shape index (κ1) is 11.0. The van der Waals surface area contributed by atoms with Gasteiger partial charge in [-0.15, -0.1) is 0 Å².